The van der Waals surface area contributed by atoms with Crippen LogP contribution in [0, 0.1) is 0 Å². The number of hydrogen-bond donors (Lipinski definition) is 0. The first-order valence-corrected chi connectivity index (χ1v) is 9.80. The van der Waals surface area contributed by atoms with Crippen LogP contribution in [-0.2, 0) is 0 Å². The normalized spacial score (nSPS) is 12.3. The van der Waals surface area contributed by atoms with Crippen molar-refractivity contribution in [2.75, 3.05) is 0 Å². The van der Waals surface area contributed by atoms with Crippen LogP contribution in [0.1, 0.15) is 0 Å². The lowest BCUT2D eigenvalue weighted by atomic mass is 9.91. The average Bonchev–Trinajstić information content (AvgIpc) is 3.11. The summed E-state index contributed by atoms with van der Waals surface area (Å²) in [7, 11) is 0. The summed E-state index contributed by atoms with van der Waals surface area (Å²) in [5.41, 5.74) is 5.38. The molecular weight excluding hydrogens is 336 g/mol. The van der Waals surface area contributed by atoms with E-state index >= 15 is 0 Å². The van der Waals surface area contributed by atoms with Gasteiger partial charge in [-0.2, -0.15) is 0 Å². The Morgan fingerprint density at radius 2 is 0.893 bits per heavy atom. The van der Waals surface area contributed by atoms with Gasteiger partial charge in [-0.15, -0.1) is 0 Å². The van der Waals surface area contributed by atoms with Gasteiger partial charge in [-0.1, -0.05) is 97.1 Å². The first-order valence-electron chi connectivity index (χ1n) is 9.80. The molecular formula is C28H16. The summed E-state index contributed by atoms with van der Waals surface area (Å²) in [6, 6.07) is 35.8. The van der Waals surface area contributed by atoms with Crippen molar-refractivity contribution in [2.24, 2.45) is 0 Å². The van der Waals surface area contributed by atoms with Gasteiger partial charge >= 0.3 is 0 Å². The molecule has 6 aromatic carbocycles. The molecule has 0 saturated heterocycles. The van der Waals surface area contributed by atoms with Gasteiger partial charge in [0.05, 0.1) is 0 Å². The van der Waals surface area contributed by atoms with Crippen molar-refractivity contribution in [2.45, 2.75) is 0 Å². The lowest BCUT2D eigenvalue weighted by molar-refractivity contribution is 1.69. The van der Waals surface area contributed by atoms with Gasteiger partial charge in [-0.05, 0) is 65.3 Å². The standard InChI is InChI=1S/C28H16/c1-2-8-20-17(5-1)6-3-9-21(20)22-15-16-25-23-10-4-7-18-11-12-19-13-14-24(22)28(25)27(19)26(18)23/h1-16H. The van der Waals surface area contributed by atoms with Gasteiger partial charge in [0, 0.05) is 0 Å². The molecule has 0 heterocycles. The third-order valence-electron chi connectivity index (χ3n) is 6.37. The van der Waals surface area contributed by atoms with Crippen LogP contribution >= 0.6 is 0 Å². The SMILES string of the molecule is c1ccc2c(-c3ccc4c5c3ccc3ccc6cccc-4c6c35)cccc2c1. The molecule has 0 N–H and O–H groups in total. The van der Waals surface area contributed by atoms with E-state index in [1.165, 1.54) is 65.3 Å². The first-order chi connectivity index (χ1) is 13.9. The maximum atomic E-state index is 2.33. The zero-order chi connectivity index (χ0) is 18.2. The van der Waals surface area contributed by atoms with Crippen LogP contribution in [0.4, 0.5) is 0 Å². The van der Waals surface area contributed by atoms with E-state index in [4.69, 9.17) is 0 Å². The topological polar surface area (TPSA) is 0 Å². The predicted octanol–water partition coefficient (Wildman–Crippen LogP) is 7.95. The molecule has 0 aromatic heterocycles. The van der Waals surface area contributed by atoms with Crippen LogP contribution in [0.25, 0.3) is 65.3 Å². The highest BCUT2D eigenvalue weighted by atomic mass is 14.2. The molecule has 0 heteroatoms. The van der Waals surface area contributed by atoms with E-state index < -0.39 is 0 Å². The Kier molecular flexibility index (Phi) is 2.57. The van der Waals surface area contributed by atoms with Crippen molar-refractivity contribution in [3.8, 4) is 22.3 Å². The summed E-state index contributed by atoms with van der Waals surface area (Å²) < 4.78 is 0. The summed E-state index contributed by atoms with van der Waals surface area (Å²) in [5.74, 6) is 0. The predicted molar refractivity (Wildman–Crippen MR) is 121 cm³/mol. The number of benzene rings is 6. The highest BCUT2D eigenvalue weighted by Gasteiger charge is 2.21. The van der Waals surface area contributed by atoms with Crippen LogP contribution < -0.4 is 0 Å². The molecule has 28 heavy (non-hydrogen) atoms. The van der Waals surface area contributed by atoms with Crippen molar-refractivity contribution >= 4 is 43.1 Å². The van der Waals surface area contributed by atoms with Crippen LogP contribution in [0.2, 0.25) is 0 Å². The maximum absolute atomic E-state index is 2.33. The smallest absolute Gasteiger partial charge is 0.00139 e. The molecule has 6 aromatic rings. The largest absolute Gasteiger partial charge is 0.0616 e. The quantitative estimate of drug-likeness (QED) is 0.263. The summed E-state index contributed by atoms with van der Waals surface area (Å²) in [6.07, 6.45) is 0. The minimum Gasteiger partial charge on any atom is -0.0616 e. The zero-order valence-electron chi connectivity index (χ0n) is 15.2. The van der Waals surface area contributed by atoms with Crippen LogP contribution in [0.3, 0.4) is 0 Å². The van der Waals surface area contributed by atoms with Crippen molar-refractivity contribution in [3.05, 3.63) is 97.1 Å². The zero-order valence-corrected chi connectivity index (χ0v) is 15.2. The Morgan fingerprint density at radius 1 is 0.286 bits per heavy atom. The second-order valence-electron chi connectivity index (χ2n) is 7.74. The van der Waals surface area contributed by atoms with Gasteiger partial charge in [-0.25, -0.2) is 0 Å². The van der Waals surface area contributed by atoms with Gasteiger partial charge in [0.25, 0.3) is 0 Å². The van der Waals surface area contributed by atoms with Gasteiger partial charge < -0.3 is 0 Å². The fourth-order valence-electron chi connectivity index (χ4n) is 5.18. The van der Waals surface area contributed by atoms with E-state index in [9.17, 15) is 0 Å². The van der Waals surface area contributed by atoms with Gasteiger partial charge in [0.1, 0.15) is 0 Å². The van der Waals surface area contributed by atoms with Crippen molar-refractivity contribution < 1.29 is 0 Å². The van der Waals surface area contributed by atoms with E-state index in [-0.39, 0.29) is 0 Å². The fourth-order valence-corrected chi connectivity index (χ4v) is 5.18. The molecule has 0 spiro atoms. The van der Waals surface area contributed by atoms with Crippen LogP contribution in [0.15, 0.2) is 97.1 Å². The average molecular weight is 352 g/mol. The monoisotopic (exact) mass is 352 g/mol. The second kappa shape index (κ2) is 4.99. The number of hydrogen-bond acceptors (Lipinski definition) is 0. The first kappa shape index (κ1) is 14.4. The third kappa shape index (κ3) is 1.66. The van der Waals surface area contributed by atoms with Crippen LogP contribution in [0.5, 0.6) is 0 Å². The molecule has 0 radical (unpaired) electrons. The molecule has 0 unspecified atom stereocenters. The molecule has 0 bridgehead atoms. The molecule has 0 saturated carbocycles. The summed E-state index contributed by atoms with van der Waals surface area (Å²) in [6.45, 7) is 0. The number of rotatable bonds is 1. The minimum atomic E-state index is 1.29. The molecule has 0 amide bonds. The van der Waals surface area contributed by atoms with E-state index in [1.54, 1.807) is 0 Å². The second-order valence-corrected chi connectivity index (χ2v) is 7.74. The van der Waals surface area contributed by atoms with Gasteiger partial charge in [-0.3, -0.25) is 0 Å². The molecule has 128 valence electrons. The minimum absolute atomic E-state index is 1.29. The highest BCUT2D eigenvalue weighted by molar-refractivity contribution is 6.34. The molecule has 1 aliphatic rings. The van der Waals surface area contributed by atoms with Gasteiger partial charge in [0.15, 0.2) is 0 Å². The Balaban J connectivity index is 1.70. The lowest BCUT2D eigenvalue weighted by Crippen LogP contribution is -1.85. The van der Waals surface area contributed by atoms with E-state index in [0.29, 0.717) is 0 Å². The van der Waals surface area contributed by atoms with Crippen molar-refractivity contribution in [1.29, 1.82) is 0 Å². The molecule has 0 fully saturated rings. The molecule has 0 aliphatic heterocycles. The molecule has 0 atom stereocenters. The Bertz CT molecular complexity index is 1600. The maximum Gasteiger partial charge on any atom is -0.00139 e. The van der Waals surface area contributed by atoms with E-state index in [0.717, 1.165) is 0 Å². The molecule has 0 nitrogen and oxygen atoms in total. The van der Waals surface area contributed by atoms with Crippen molar-refractivity contribution in [1.82, 2.24) is 0 Å². The van der Waals surface area contributed by atoms with E-state index in [1.807, 2.05) is 0 Å². The van der Waals surface area contributed by atoms with Gasteiger partial charge in [0.2, 0.25) is 0 Å². The summed E-state index contributed by atoms with van der Waals surface area (Å²) in [5, 5.41) is 10.9. The van der Waals surface area contributed by atoms with Crippen molar-refractivity contribution in [3.63, 3.8) is 0 Å². The fraction of sp³-hybridized carbons (Fsp3) is 0. The highest BCUT2D eigenvalue weighted by Crippen LogP contribution is 2.49. The Labute approximate surface area is 162 Å². The Hall–Kier alpha value is -3.64. The van der Waals surface area contributed by atoms with E-state index in [2.05, 4.69) is 97.1 Å². The molecule has 1 aliphatic carbocycles. The lowest BCUT2D eigenvalue weighted by Gasteiger charge is -2.12. The summed E-state index contributed by atoms with van der Waals surface area (Å²) >= 11 is 0. The third-order valence-corrected chi connectivity index (χ3v) is 6.37. The Morgan fingerprint density at radius 3 is 1.82 bits per heavy atom. The van der Waals surface area contributed by atoms with Crippen LogP contribution in [-0.4, -0.2) is 0 Å². The number of fused-ring (bicyclic) bond motifs is 2. The molecule has 7 rings (SSSR count). The summed E-state index contributed by atoms with van der Waals surface area (Å²) in [4.78, 5) is 0.